The predicted octanol–water partition coefficient (Wildman–Crippen LogP) is 2.83. The molecule has 0 saturated carbocycles. The second-order valence-electron chi connectivity index (χ2n) is 4.82. The van der Waals surface area contributed by atoms with Crippen molar-refractivity contribution in [2.45, 2.75) is 32.6 Å². The van der Waals surface area contributed by atoms with Gasteiger partial charge in [-0.05, 0) is 43.7 Å². The number of rotatable bonds is 4. The fourth-order valence-corrected chi connectivity index (χ4v) is 2.04. The van der Waals surface area contributed by atoms with Crippen LogP contribution < -0.4 is 0 Å². The normalized spacial score (nSPS) is 18.6. The summed E-state index contributed by atoms with van der Waals surface area (Å²) in [7, 11) is 0. The van der Waals surface area contributed by atoms with Crippen molar-refractivity contribution in [1.82, 2.24) is 4.98 Å². The predicted molar refractivity (Wildman–Crippen MR) is 70.1 cm³/mol. The number of esters is 1. The third-order valence-electron chi connectivity index (χ3n) is 3.18. The number of nitrogens with zero attached hydrogens (tertiary/aromatic N) is 1. The van der Waals surface area contributed by atoms with Gasteiger partial charge in [0.25, 0.3) is 0 Å². The number of carbonyl (C=O) groups excluding carboxylic acids is 1. The number of aromatic nitrogens is 1. The van der Waals surface area contributed by atoms with Crippen molar-refractivity contribution in [3.8, 4) is 0 Å². The average Bonchev–Trinajstić information content (AvgIpc) is 2.40. The Hall–Kier alpha value is -1.64. The molecule has 0 radical (unpaired) electrons. The van der Waals surface area contributed by atoms with Gasteiger partial charge in [0.15, 0.2) is 0 Å². The molecule has 0 spiro atoms. The fourth-order valence-electron chi connectivity index (χ4n) is 2.04. The second-order valence-corrected chi connectivity index (χ2v) is 4.82. The molecule has 96 valence electrons. The summed E-state index contributed by atoms with van der Waals surface area (Å²) in [5.41, 5.74) is 1.87. The molecule has 1 atom stereocenters. The summed E-state index contributed by atoms with van der Waals surface area (Å²) in [6, 6.07) is 3.83. The van der Waals surface area contributed by atoms with E-state index in [1.54, 1.807) is 6.20 Å². The first-order valence-corrected chi connectivity index (χ1v) is 6.46. The maximum absolute atomic E-state index is 11.7. The Labute approximate surface area is 108 Å². The Morgan fingerprint density at radius 2 is 2.33 bits per heavy atom. The van der Waals surface area contributed by atoms with E-state index >= 15 is 0 Å². The quantitative estimate of drug-likeness (QED) is 0.605. The molecule has 0 fully saturated rings. The van der Waals surface area contributed by atoms with Crippen LogP contribution in [0.1, 0.15) is 30.5 Å². The molecule has 1 aromatic heterocycles. The first-order valence-electron chi connectivity index (χ1n) is 6.46. The van der Waals surface area contributed by atoms with Crippen molar-refractivity contribution in [2.75, 3.05) is 6.61 Å². The van der Waals surface area contributed by atoms with Crippen LogP contribution in [-0.2, 0) is 16.0 Å². The largest absolute Gasteiger partial charge is 0.465 e. The fraction of sp³-hybridized carbons (Fsp3) is 0.467. The zero-order valence-corrected chi connectivity index (χ0v) is 10.8. The molecule has 0 N–H and O–H groups in total. The van der Waals surface area contributed by atoms with E-state index in [9.17, 15) is 4.79 Å². The molecule has 1 aromatic rings. The lowest BCUT2D eigenvalue weighted by Gasteiger charge is -2.17. The molecule has 0 aromatic carbocycles. The van der Waals surface area contributed by atoms with Gasteiger partial charge in [-0.3, -0.25) is 9.78 Å². The van der Waals surface area contributed by atoms with Crippen LogP contribution in [0.4, 0.5) is 0 Å². The molecule has 3 nitrogen and oxygen atoms in total. The van der Waals surface area contributed by atoms with Crippen molar-refractivity contribution in [3.63, 3.8) is 0 Å². The number of carbonyl (C=O) groups is 1. The molecule has 1 heterocycles. The summed E-state index contributed by atoms with van der Waals surface area (Å²) in [5.74, 6) is 0.338. The van der Waals surface area contributed by atoms with Crippen LogP contribution >= 0.6 is 0 Å². The number of ether oxygens (including phenoxy) is 1. The molecule has 2 rings (SSSR count). The molecule has 1 aliphatic rings. The van der Waals surface area contributed by atoms with E-state index in [0.29, 0.717) is 18.9 Å². The van der Waals surface area contributed by atoms with E-state index in [1.165, 1.54) is 0 Å². The van der Waals surface area contributed by atoms with E-state index in [-0.39, 0.29) is 5.97 Å². The maximum atomic E-state index is 11.7. The zero-order chi connectivity index (χ0) is 12.8. The summed E-state index contributed by atoms with van der Waals surface area (Å²) in [6.07, 6.45) is 9.66. The minimum absolute atomic E-state index is 0.157. The Morgan fingerprint density at radius 1 is 1.44 bits per heavy atom. The van der Waals surface area contributed by atoms with Gasteiger partial charge in [0, 0.05) is 11.9 Å². The van der Waals surface area contributed by atoms with Crippen molar-refractivity contribution in [2.24, 2.45) is 5.92 Å². The Kier molecular flexibility index (Phi) is 4.51. The van der Waals surface area contributed by atoms with Crippen LogP contribution in [-0.4, -0.2) is 17.6 Å². The van der Waals surface area contributed by atoms with Gasteiger partial charge in [-0.1, -0.05) is 18.2 Å². The third-order valence-corrected chi connectivity index (χ3v) is 3.18. The van der Waals surface area contributed by atoms with Gasteiger partial charge >= 0.3 is 5.97 Å². The van der Waals surface area contributed by atoms with Crippen LogP contribution in [0.2, 0.25) is 0 Å². The van der Waals surface area contributed by atoms with E-state index in [4.69, 9.17) is 4.74 Å². The van der Waals surface area contributed by atoms with Gasteiger partial charge in [-0.2, -0.15) is 0 Å². The molecular formula is C15H19NO2. The molecule has 0 saturated heterocycles. The number of hydrogen-bond acceptors (Lipinski definition) is 3. The highest BCUT2D eigenvalue weighted by Crippen LogP contribution is 2.18. The van der Waals surface area contributed by atoms with Crippen molar-refractivity contribution in [1.29, 1.82) is 0 Å². The maximum Gasteiger partial charge on any atom is 0.310 e. The smallest absolute Gasteiger partial charge is 0.310 e. The first kappa shape index (κ1) is 12.8. The molecular weight excluding hydrogens is 226 g/mol. The molecule has 0 bridgehead atoms. The number of pyridine rings is 1. The van der Waals surface area contributed by atoms with Crippen LogP contribution in [0.5, 0.6) is 0 Å². The van der Waals surface area contributed by atoms with Gasteiger partial charge in [0.2, 0.25) is 0 Å². The van der Waals surface area contributed by atoms with Gasteiger partial charge in [-0.25, -0.2) is 0 Å². The van der Waals surface area contributed by atoms with Crippen molar-refractivity contribution < 1.29 is 9.53 Å². The minimum atomic E-state index is -0.157. The van der Waals surface area contributed by atoms with Crippen molar-refractivity contribution in [3.05, 3.63) is 41.7 Å². The van der Waals surface area contributed by atoms with Gasteiger partial charge in [-0.15, -0.1) is 0 Å². The SMILES string of the molecule is Cc1ccc(CC(=O)OC[C@@H]2CC=CCC2)cn1. The molecule has 1 aliphatic carbocycles. The number of hydrogen-bond donors (Lipinski definition) is 0. The van der Waals surface area contributed by atoms with Crippen LogP contribution in [0.3, 0.4) is 0 Å². The third kappa shape index (κ3) is 3.99. The van der Waals surface area contributed by atoms with E-state index in [1.807, 2.05) is 19.1 Å². The van der Waals surface area contributed by atoms with E-state index in [0.717, 1.165) is 30.5 Å². The van der Waals surface area contributed by atoms with Gasteiger partial charge in [0.05, 0.1) is 13.0 Å². The highest BCUT2D eigenvalue weighted by Gasteiger charge is 2.13. The lowest BCUT2D eigenvalue weighted by Crippen LogP contribution is -2.16. The molecule has 0 amide bonds. The van der Waals surface area contributed by atoms with E-state index < -0.39 is 0 Å². The topological polar surface area (TPSA) is 39.2 Å². The van der Waals surface area contributed by atoms with Gasteiger partial charge < -0.3 is 4.74 Å². The Balaban J connectivity index is 1.74. The standard InChI is InChI=1S/C15H19NO2/c1-12-7-8-14(10-16-12)9-15(17)18-11-13-5-3-2-4-6-13/h2-3,7-8,10,13H,4-6,9,11H2,1H3/t13-/m1/s1. The Morgan fingerprint density at radius 3 is 3.00 bits per heavy atom. The summed E-state index contributed by atoms with van der Waals surface area (Å²) in [4.78, 5) is 15.8. The van der Waals surface area contributed by atoms with Crippen LogP contribution in [0.15, 0.2) is 30.5 Å². The highest BCUT2D eigenvalue weighted by molar-refractivity contribution is 5.72. The molecule has 3 heteroatoms. The van der Waals surface area contributed by atoms with Crippen molar-refractivity contribution >= 4 is 5.97 Å². The zero-order valence-electron chi connectivity index (χ0n) is 10.8. The first-order chi connectivity index (χ1) is 8.74. The lowest BCUT2D eigenvalue weighted by atomic mass is 9.95. The van der Waals surface area contributed by atoms with Gasteiger partial charge in [0.1, 0.15) is 0 Å². The molecule has 0 unspecified atom stereocenters. The number of aryl methyl sites for hydroxylation is 1. The summed E-state index contributed by atoms with van der Waals surface area (Å²) in [5, 5.41) is 0. The second kappa shape index (κ2) is 6.34. The van der Waals surface area contributed by atoms with E-state index in [2.05, 4.69) is 17.1 Å². The number of allylic oxidation sites excluding steroid dienone is 2. The molecule has 18 heavy (non-hydrogen) atoms. The summed E-state index contributed by atoms with van der Waals surface area (Å²) >= 11 is 0. The monoisotopic (exact) mass is 245 g/mol. The minimum Gasteiger partial charge on any atom is -0.465 e. The summed E-state index contributed by atoms with van der Waals surface area (Å²) < 4.78 is 5.32. The summed E-state index contributed by atoms with van der Waals surface area (Å²) in [6.45, 7) is 2.47. The van der Waals surface area contributed by atoms with Crippen LogP contribution in [0, 0.1) is 12.8 Å². The average molecular weight is 245 g/mol. The Bertz CT molecular complexity index is 423. The molecule has 0 aliphatic heterocycles. The van der Waals surface area contributed by atoms with Crippen LogP contribution in [0.25, 0.3) is 0 Å². The lowest BCUT2D eigenvalue weighted by molar-refractivity contribution is -0.144. The highest BCUT2D eigenvalue weighted by atomic mass is 16.5.